The average Bonchev–Trinajstić information content (AvgIpc) is 2.59. The summed E-state index contributed by atoms with van der Waals surface area (Å²) in [4.78, 5) is 25.0. The minimum atomic E-state index is -0.693. The van der Waals surface area contributed by atoms with E-state index >= 15 is 0 Å². The summed E-state index contributed by atoms with van der Waals surface area (Å²) >= 11 is 3.13. The van der Waals surface area contributed by atoms with Crippen molar-refractivity contribution >= 4 is 33.5 Å². The molecule has 2 aromatic carbocycles. The van der Waals surface area contributed by atoms with Gasteiger partial charge < -0.3 is 14.4 Å². The van der Waals surface area contributed by atoms with Gasteiger partial charge in [-0.1, -0.05) is 18.2 Å². The highest BCUT2D eigenvalue weighted by atomic mass is 79.9. The predicted molar refractivity (Wildman–Crippen MR) is 90.4 cm³/mol. The largest absolute Gasteiger partial charge is 0.481 e. The van der Waals surface area contributed by atoms with Crippen molar-refractivity contribution in [2.24, 2.45) is 0 Å². The van der Waals surface area contributed by atoms with Crippen LogP contribution < -0.4 is 9.64 Å². The molecule has 0 saturated heterocycles. The molecule has 2 aromatic rings. The minimum absolute atomic E-state index is 0.307. The molecule has 0 spiro atoms. The van der Waals surface area contributed by atoms with Crippen LogP contribution in [0.15, 0.2) is 53.0 Å². The van der Waals surface area contributed by atoms with Gasteiger partial charge in [-0.25, -0.2) is 9.18 Å². The summed E-state index contributed by atoms with van der Waals surface area (Å²) in [6.07, 6.45) is 0. The maximum atomic E-state index is 13.0. The van der Waals surface area contributed by atoms with E-state index in [0.717, 1.165) is 0 Å². The molecule has 5 nitrogen and oxygen atoms in total. The summed E-state index contributed by atoms with van der Waals surface area (Å²) in [6, 6.07) is 12.8. The number of rotatable bonds is 6. The van der Waals surface area contributed by atoms with Crippen molar-refractivity contribution in [2.45, 2.75) is 0 Å². The molecule has 1 amide bonds. The topological polar surface area (TPSA) is 55.8 Å². The Hall–Kier alpha value is -2.41. The van der Waals surface area contributed by atoms with Crippen molar-refractivity contribution in [3.05, 3.63) is 58.8 Å². The lowest BCUT2D eigenvalue weighted by molar-refractivity contribution is -0.149. The molecule has 0 aromatic heterocycles. The average molecular weight is 396 g/mol. The maximum Gasteiger partial charge on any atom is 0.344 e. The molecule has 0 atom stereocenters. The predicted octanol–water partition coefficient (Wildman–Crippen LogP) is 3.17. The Kier molecular flexibility index (Phi) is 6.31. The minimum Gasteiger partial charge on any atom is -0.481 e. The molecule has 0 saturated carbocycles. The number of amides is 1. The van der Waals surface area contributed by atoms with Crippen LogP contribution in [0.2, 0.25) is 0 Å². The molecular formula is C17H15BrFNO4. The zero-order valence-electron chi connectivity index (χ0n) is 12.9. The molecule has 2 rings (SSSR count). The summed E-state index contributed by atoms with van der Waals surface area (Å²) in [6.45, 7) is -0.773. The molecule has 0 aliphatic heterocycles. The van der Waals surface area contributed by atoms with Gasteiger partial charge in [0.05, 0.1) is 4.47 Å². The molecule has 0 unspecified atom stereocenters. The lowest BCUT2D eigenvalue weighted by atomic mass is 10.3. The van der Waals surface area contributed by atoms with Crippen LogP contribution >= 0.6 is 15.9 Å². The van der Waals surface area contributed by atoms with Gasteiger partial charge in [0, 0.05) is 12.7 Å². The summed E-state index contributed by atoms with van der Waals surface area (Å²) in [7, 11) is 1.59. The number of likely N-dealkylation sites (N-methyl/N-ethyl adjacent to an activating group) is 1. The maximum absolute atomic E-state index is 13.0. The van der Waals surface area contributed by atoms with E-state index < -0.39 is 18.4 Å². The fraction of sp³-hybridized carbons (Fsp3) is 0.176. The Morgan fingerprint density at radius 3 is 2.50 bits per heavy atom. The molecule has 0 aliphatic carbocycles. The normalized spacial score (nSPS) is 10.1. The van der Waals surface area contributed by atoms with Crippen molar-refractivity contribution in [2.75, 3.05) is 25.2 Å². The highest BCUT2D eigenvalue weighted by Crippen LogP contribution is 2.25. The zero-order chi connectivity index (χ0) is 17.5. The first-order chi connectivity index (χ1) is 11.5. The number of para-hydroxylation sites is 1. The van der Waals surface area contributed by atoms with Gasteiger partial charge in [0.25, 0.3) is 5.91 Å². The van der Waals surface area contributed by atoms with Crippen LogP contribution in [0.25, 0.3) is 0 Å². The summed E-state index contributed by atoms with van der Waals surface area (Å²) in [5.41, 5.74) is 0.699. The second-order valence-corrected chi connectivity index (χ2v) is 5.67. The molecule has 0 bridgehead atoms. The molecular weight excluding hydrogens is 381 g/mol. The third kappa shape index (κ3) is 5.06. The number of ether oxygens (including phenoxy) is 2. The van der Waals surface area contributed by atoms with Crippen molar-refractivity contribution in [1.29, 1.82) is 0 Å². The van der Waals surface area contributed by atoms with Gasteiger partial charge in [0.2, 0.25) is 0 Å². The Morgan fingerprint density at radius 1 is 1.12 bits per heavy atom. The molecule has 0 heterocycles. The van der Waals surface area contributed by atoms with Gasteiger partial charge in [0.15, 0.2) is 13.2 Å². The third-order valence-electron chi connectivity index (χ3n) is 3.11. The van der Waals surface area contributed by atoms with Crippen molar-refractivity contribution in [3.63, 3.8) is 0 Å². The number of halogens is 2. The monoisotopic (exact) mass is 395 g/mol. The van der Waals surface area contributed by atoms with Gasteiger partial charge in [-0.3, -0.25) is 4.79 Å². The second-order valence-electron chi connectivity index (χ2n) is 4.81. The first-order valence-corrected chi connectivity index (χ1v) is 7.82. The SMILES string of the molecule is CN(C(=O)COC(=O)COc1ccc(F)cc1Br)c1ccccc1. The highest BCUT2D eigenvalue weighted by Gasteiger charge is 2.14. The quantitative estimate of drug-likeness (QED) is 0.704. The first-order valence-electron chi connectivity index (χ1n) is 7.02. The standard InChI is InChI=1S/C17H15BrFNO4/c1-20(13-5-3-2-4-6-13)16(21)10-24-17(22)11-23-15-8-7-12(19)9-14(15)18/h2-9H,10-11H2,1H3. The van der Waals surface area contributed by atoms with Gasteiger partial charge in [-0.05, 0) is 46.3 Å². The van der Waals surface area contributed by atoms with E-state index in [2.05, 4.69) is 15.9 Å². The van der Waals surface area contributed by atoms with E-state index in [1.807, 2.05) is 6.07 Å². The molecule has 7 heteroatoms. The van der Waals surface area contributed by atoms with E-state index in [1.54, 1.807) is 31.3 Å². The number of carbonyl (C=O) groups excluding carboxylic acids is 2. The number of hydrogen-bond donors (Lipinski definition) is 0. The number of benzene rings is 2. The van der Waals surface area contributed by atoms with Crippen molar-refractivity contribution in [1.82, 2.24) is 0 Å². The molecule has 0 fully saturated rings. The van der Waals surface area contributed by atoms with Gasteiger partial charge in [-0.15, -0.1) is 0 Å². The first kappa shape index (κ1) is 17.9. The van der Waals surface area contributed by atoms with Crippen LogP contribution in [0.1, 0.15) is 0 Å². The Bertz CT molecular complexity index is 724. The van der Waals surface area contributed by atoms with Gasteiger partial charge >= 0.3 is 5.97 Å². The molecule has 0 radical (unpaired) electrons. The van der Waals surface area contributed by atoms with E-state index in [1.165, 1.54) is 23.1 Å². The van der Waals surface area contributed by atoms with Crippen molar-refractivity contribution < 1.29 is 23.5 Å². The summed E-state index contributed by atoms with van der Waals surface area (Å²) < 4.78 is 23.4. The van der Waals surface area contributed by atoms with Gasteiger partial charge in [0.1, 0.15) is 11.6 Å². The fourth-order valence-corrected chi connectivity index (χ4v) is 2.27. The van der Waals surface area contributed by atoms with E-state index in [9.17, 15) is 14.0 Å². The smallest absolute Gasteiger partial charge is 0.344 e. The summed E-state index contributed by atoms with van der Waals surface area (Å²) in [5.74, 6) is -1.18. The number of nitrogens with zero attached hydrogens (tertiary/aromatic N) is 1. The highest BCUT2D eigenvalue weighted by molar-refractivity contribution is 9.10. The van der Waals surface area contributed by atoms with Crippen LogP contribution in [0.3, 0.4) is 0 Å². The van der Waals surface area contributed by atoms with Crippen LogP contribution in [0, 0.1) is 5.82 Å². The van der Waals surface area contributed by atoms with E-state index in [-0.39, 0.29) is 12.5 Å². The molecule has 0 N–H and O–H groups in total. The lowest BCUT2D eigenvalue weighted by Gasteiger charge is -2.17. The van der Waals surface area contributed by atoms with E-state index in [4.69, 9.17) is 9.47 Å². The molecule has 126 valence electrons. The van der Waals surface area contributed by atoms with Crippen LogP contribution in [-0.2, 0) is 14.3 Å². The molecule has 0 aliphatic rings. The number of esters is 1. The number of anilines is 1. The van der Waals surface area contributed by atoms with Crippen LogP contribution in [0.4, 0.5) is 10.1 Å². The second kappa shape index (κ2) is 8.44. The third-order valence-corrected chi connectivity index (χ3v) is 3.73. The Balaban J connectivity index is 1.79. The number of hydrogen-bond acceptors (Lipinski definition) is 4. The van der Waals surface area contributed by atoms with Gasteiger partial charge in [-0.2, -0.15) is 0 Å². The molecule has 24 heavy (non-hydrogen) atoms. The lowest BCUT2D eigenvalue weighted by Crippen LogP contribution is -2.31. The fourth-order valence-electron chi connectivity index (χ4n) is 1.81. The number of carbonyl (C=O) groups is 2. The van der Waals surface area contributed by atoms with Crippen LogP contribution in [0.5, 0.6) is 5.75 Å². The summed E-state index contributed by atoms with van der Waals surface area (Å²) in [5, 5.41) is 0. The van der Waals surface area contributed by atoms with Crippen molar-refractivity contribution in [3.8, 4) is 5.75 Å². The Labute approximate surface area is 147 Å². The Morgan fingerprint density at radius 2 is 1.83 bits per heavy atom. The van der Waals surface area contributed by atoms with Crippen LogP contribution in [-0.4, -0.2) is 32.1 Å². The van der Waals surface area contributed by atoms with E-state index in [0.29, 0.717) is 15.9 Å². The zero-order valence-corrected chi connectivity index (χ0v) is 14.5.